The van der Waals surface area contributed by atoms with E-state index in [2.05, 4.69) is 10.6 Å². The lowest BCUT2D eigenvalue weighted by molar-refractivity contribution is -0.124. The predicted octanol–water partition coefficient (Wildman–Crippen LogP) is 1.87. The molecule has 0 saturated carbocycles. The summed E-state index contributed by atoms with van der Waals surface area (Å²) in [5.41, 5.74) is 0.735. The zero-order valence-corrected chi connectivity index (χ0v) is 10.9. The lowest BCUT2D eigenvalue weighted by Gasteiger charge is -2.13. The maximum absolute atomic E-state index is 11.7. The van der Waals surface area contributed by atoms with E-state index in [9.17, 15) is 9.59 Å². The van der Waals surface area contributed by atoms with E-state index in [1.54, 1.807) is 18.7 Å². The van der Waals surface area contributed by atoms with Crippen molar-refractivity contribution in [1.29, 1.82) is 0 Å². The van der Waals surface area contributed by atoms with E-state index in [-0.39, 0.29) is 11.8 Å². The van der Waals surface area contributed by atoms with Gasteiger partial charge in [0, 0.05) is 17.5 Å². The van der Waals surface area contributed by atoms with E-state index in [0.717, 1.165) is 10.6 Å². The van der Waals surface area contributed by atoms with Crippen LogP contribution in [0.2, 0.25) is 0 Å². The van der Waals surface area contributed by atoms with Gasteiger partial charge in [0.15, 0.2) is 0 Å². The molecular formula is C12H16N2O2S. The van der Waals surface area contributed by atoms with Gasteiger partial charge in [-0.1, -0.05) is 6.07 Å². The van der Waals surface area contributed by atoms with Gasteiger partial charge in [0.1, 0.15) is 6.04 Å². The molecule has 1 unspecified atom stereocenters. The smallest absolute Gasteiger partial charge is 0.246 e. The van der Waals surface area contributed by atoms with Crippen LogP contribution in [0.5, 0.6) is 0 Å². The normalized spacial score (nSPS) is 11.7. The Kier molecular flexibility index (Phi) is 5.03. The molecule has 0 saturated heterocycles. The van der Waals surface area contributed by atoms with E-state index in [1.165, 1.54) is 6.92 Å². The third-order valence-corrected chi connectivity index (χ3v) is 2.88. The molecule has 0 aromatic heterocycles. The number of carbonyl (C=O) groups is 2. The molecule has 2 amide bonds. The summed E-state index contributed by atoms with van der Waals surface area (Å²) < 4.78 is 0. The number of benzene rings is 1. The number of hydrogen-bond donors (Lipinski definition) is 2. The first-order chi connectivity index (χ1) is 8.02. The van der Waals surface area contributed by atoms with Crippen LogP contribution in [0.1, 0.15) is 13.8 Å². The van der Waals surface area contributed by atoms with E-state index in [0.29, 0.717) is 0 Å². The molecule has 0 radical (unpaired) electrons. The second kappa shape index (κ2) is 6.30. The summed E-state index contributed by atoms with van der Waals surface area (Å²) in [6.45, 7) is 3.04. The van der Waals surface area contributed by atoms with Crippen LogP contribution >= 0.6 is 11.8 Å². The molecule has 2 N–H and O–H groups in total. The van der Waals surface area contributed by atoms with Crippen LogP contribution in [0.25, 0.3) is 0 Å². The van der Waals surface area contributed by atoms with Crippen LogP contribution in [-0.4, -0.2) is 24.1 Å². The molecular weight excluding hydrogens is 236 g/mol. The quantitative estimate of drug-likeness (QED) is 0.804. The van der Waals surface area contributed by atoms with Gasteiger partial charge in [0.05, 0.1) is 0 Å². The molecule has 0 spiro atoms. The highest BCUT2D eigenvalue weighted by atomic mass is 32.2. The number of rotatable bonds is 4. The lowest BCUT2D eigenvalue weighted by atomic mass is 10.2. The van der Waals surface area contributed by atoms with Crippen LogP contribution in [0.4, 0.5) is 5.69 Å². The van der Waals surface area contributed by atoms with Gasteiger partial charge < -0.3 is 10.6 Å². The van der Waals surface area contributed by atoms with E-state index < -0.39 is 6.04 Å². The molecule has 0 bridgehead atoms. The van der Waals surface area contributed by atoms with E-state index in [4.69, 9.17) is 0 Å². The minimum atomic E-state index is -0.537. The van der Waals surface area contributed by atoms with Crippen LogP contribution in [-0.2, 0) is 9.59 Å². The van der Waals surface area contributed by atoms with Crippen molar-refractivity contribution in [1.82, 2.24) is 5.32 Å². The first-order valence-electron chi connectivity index (χ1n) is 5.25. The van der Waals surface area contributed by atoms with Gasteiger partial charge in [-0.3, -0.25) is 9.59 Å². The molecule has 0 aliphatic rings. The number of carbonyl (C=O) groups excluding carboxylic acids is 2. The van der Waals surface area contributed by atoms with E-state index in [1.807, 2.05) is 30.5 Å². The first-order valence-corrected chi connectivity index (χ1v) is 6.47. The van der Waals surface area contributed by atoms with Crippen molar-refractivity contribution in [2.45, 2.75) is 24.8 Å². The standard InChI is InChI=1S/C12H16N2O2S/c1-8(13-9(2)15)12(16)14-10-5-4-6-11(7-10)17-3/h4-8H,1-3H3,(H,13,15)(H,14,16). The molecule has 0 aliphatic heterocycles. The van der Waals surface area contributed by atoms with Crippen molar-refractivity contribution in [3.8, 4) is 0 Å². The number of nitrogens with one attached hydrogen (secondary N) is 2. The Bertz CT molecular complexity index is 421. The van der Waals surface area contributed by atoms with Gasteiger partial charge in [-0.15, -0.1) is 11.8 Å². The predicted molar refractivity (Wildman–Crippen MR) is 70.1 cm³/mol. The van der Waals surface area contributed by atoms with Gasteiger partial charge in [-0.25, -0.2) is 0 Å². The Hall–Kier alpha value is -1.49. The van der Waals surface area contributed by atoms with Crippen molar-refractivity contribution in [2.24, 2.45) is 0 Å². The summed E-state index contributed by atoms with van der Waals surface area (Å²) in [6, 6.07) is 7.02. The second-order valence-electron chi connectivity index (χ2n) is 3.64. The molecule has 1 aromatic carbocycles. The fourth-order valence-corrected chi connectivity index (χ4v) is 1.78. The molecule has 4 nitrogen and oxygen atoms in total. The average Bonchev–Trinajstić information content (AvgIpc) is 2.28. The molecule has 1 rings (SSSR count). The molecule has 0 aliphatic carbocycles. The number of thioether (sulfide) groups is 1. The maximum atomic E-state index is 11.7. The summed E-state index contributed by atoms with van der Waals surface area (Å²) in [6.07, 6.45) is 1.97. The molecule has 0 heterocycles. The van der Waals surface area contributed by atoms with Crippen molar-refractivity contribution < 1.29 is 9.59 Å². The van der Waals surface area contributed by atoms with Crippen LogP contribution in [0, 0.1) is 0 Å². The highest BCUT2D eigenvalue weighted by molar-refractivity contribution is 7.98. The van der Waals surface area contributed by atoms with Crippen LogP contribution < -0.4 is 10.6 Å². The molecule has 17 heavy (non-hydrogen) atoms. The summed E-state index contributed by atoms with van der Waals surface area (Å²) in [4.78, 5) is 23.6. The molecule has 0 fully saturated rings. The second-order valence-corrected chi connectivity index (χ2v) is 4.52. The van der Waals surface area contributed by atoms with Gasteiger partial charge >= 0.3 is 0 Å². The Morgan fingerprint density at radius 1 is 1.35 bits per heavy atom. The third-order valence-electron chi connectivity index (χ3n) is 2.15. The maximum Gasteiger partial charge on any atom is 0.246 e. The first kappa shape index (κ1) is 13.6. The number of hydrogen-bond acceptors (Lipinski definition) is 3. The zero-order chi connectivity index (χ0) is 12.8. The summed E-state index contributed by atoms with van der Waals surface area (Å²) >= 11 is 1.61. The monoisotopic (exact) mass is 252 g/mol. The summed E-state index contributed by atoms with van der Waals surface area (Å²) in [7, 11) is 0. The summed E-state index contributed by atoms with van der Waals surface area (Å²) in [5, 5.41) is 5.29. The van der Waals surface area contributed by atoms with Gasteiger partial charge in [0.2, 0.25) is 11.8 Å². The van der Waals surface area contributed by atoms with Gasteiger partial charge in [-0.05, 0) is 31.4 Å². The SMILES string of the molecule is CSc1cccc(NC(=O)C(C)NC(C)=O)c1. The minimum Gasteiger partial charge on any atom is -0.345 e. The average molecular weight is 252 g/mol. The zero-order valence-electron chi connectivity index (χ0n) is 10.1. The van der Waals surface area contributed by atoms with Crippen molar-refractivity contribution >= 4 is 29.3 Å². The fourth-order valence-electron chi connectivity index (χ4n) is 1.32. The highest BCUT2D eigenvalue weighted by Crippen LogP contribution is 2.18. The number of anilines is 1. The minimum absolute atomic E-state index is 0.217. The van der Waals surface area contributed by atoms with Crippen molar-refractivity contribution in [2.75, 3.05) is 11.6 Å². The topological polar surface area (TPSA) is 58.2 Å². The van der Waals surface area contributed by atoms with Crippen molar-refractivity contribution in [3.63, 3.8) is 0 Å². The van der Waals surface area contributed by atoms with Gasteiger partial charge in [0.25, 0.3) is 0 Å². The van der Waals surface area contributed by atoms with E-state index >= 15 is 0 Å². The molecule has 1 atom stereocenters. The summed E-state index contributed by atoms with van der Waals surface area (Å²) in [5.74, 6) is -0.441. The highest BCUT2D eigenvalue weighted by Gasteiger charge is 2.13. The Morgan fingerprint density at radius 2 is 2.06 bits per heavy atom. The fraction of sp³-hybridized carbons (Fsp3) is 0.333. The van der Waals surface area contributed by atoms with Crippen molar-refractivity contribution in [3.05, 3.63) is 24.3 Å². The molecule has 1 aromatic rings. The Balaban J connectivity index is 2.64. The number of amides is 2. The van der Waals surface area contributed by atoms with Gasteiger partial charge in [-0.2, -0.15) is 0 Å². The third kappa shape index (κ3) is 4.48. The van der Waals surface area contributed by atoms with Crippen LogP contribution in [0.15, 0.2) is 29.2 Å². The lowest BCUT2D eigenvalue weighted by Crippen LogP contribution is -2.40. The molecule has 5 heteroatoms. The Labute approximate surface area is 105 Å². The van der Waals surface area contributed by atoms with Crippen LogP contribution in [0.3, 0.4) is 0 Å². The Morgan fingerprint density at radius 3 is 2.65 bits per heavy atom. The molecule has 92 valence electrons. The largest absolute Gasteiger partial charge is 0.345 e.